The molecule has 0 fully saturated rings. The van der Waals surface area contributed by atoms with E-state index in [9.17, 15) is 4.79 Å². The Labute approximate surface area is 114 Å². The second-order valence-electron chi connectivity index (χ2n) is 4.83. The highest BCUT2D eigenvalue weighted by molar-refractivity contribution is 5.93. The molecule has 1 aromatic carbocycles. The number of nitrogen functional groups attached to an aromatic ring is 1. The van der Waals surface area contributed by atoms with Crippen LogP contribution in [0.3, 0.4) is 0 Å². The van der Waals surface area contributed by atoms with Crippen LogP contribution in [0.4, 0.5) is 0 Å². The van der Waals surface area contributed by atoms with Crippen molar-refractivity contribution in [2.24, 2.45) is 5.84 Å². The fourth-order valence-electron chi connectivity index (χ4n) is 1.68. The third kappa shape index (κ3) is 5.83. The fraction of sp³-hybridized carbons (Fsp3) is 0.500. The number of hydrogen-bond donors (Lipinski definition) is 2. The molecule has 0 saturated carbocycles. The summed E-state index contributed by atoms with van der Waals surface area (Å²) in [6.45, 7) is 6.49. The Morgan fingerprint density at radius 2 is 2.00 bits per heavy atom. The number of carbonyl (C=O) groups is 1. The van der Waals surface area contributed by atoms with Crippen molar-refractivity contribution in [3.05, 3.63) is 35.4 Å². The number of ether oxygens (including phenoxy) is 1. The van der Waals surface area contributed by atoms with E-state index < -0.39 is 0 Å². The summed E-state index contributed by atoms with van der Waals surface area (Å²) in [5, 5.41) is 0. The predicted octanol–water partition coefficient (Wildman–Crippen LogP) is 1.15. The molecule has 0 bridgehead atoms. The van der Waals surface area contributed by atoms with Gasteiger partial charge in [0.05, 0.1) is 12.7 Å². The number of benzene rings is 1. The van der Waals surface area contributed by atoms with Gasteiger partial charge < -0.3 is 4.74 Å². The minimum absolute atomic E-state index is 0.266. The Hall–Kier alpha value is -1.43. The van der Waals surface area contributed by atoms with Crippen LogP contribution >= 0.6 is 0 Å². The maximum Gasteiger partial charge on any atom is 0.265 e. The largest absolute Gasteiger partial charge is 0.377 e. The molecule has 0 aliphatic rings. The highest BCUT2D eigenvalue weighted by atomic mass is 16.5. The first-order valence-electron chi connectivity index (χ1n) is 6.43. The molecule has 1 aromatic rings. The molecule has 1 rings (SSSR count). The van der Waals surface area contributed by atoms with Crippen LogP contribution in [0.25, 0.3) is 0 Å². The number of likely N-dealkylation sites (N-methyl/N-ethyl adjacent to an activating group) is 1. The third-order valence-corrected chi connectivity index (χ3v) is 2.72. The maximum absolute atomic E-state index is 11.3. The molecule has 0 aliphatic heterocycles. The second kappa shape index (κ2) is 7.89. The Bertz CT molecular complexity index is 390. The van der Waals surface area contributed by atoms with E-state index in [1.54, 1.807) is 12.1 Å². The zero-order valence-corrected chi connectivity index (χ0v) is 11.8. The van der Waals surface area contributed by atoms with Crippen molar-refractivity contribution in [2.75, 3.05) is 20.2 Å². The first-order chi connectivity index (χ1) is 9.02. The number of amides is 1. The van der Waals surface area contributed by atoms with Crippen molar-refractivity contribution in [3.8, 4) is 0 Å². The smallest absolute Gasteiger partial charge is 0.265 e. The van der Waals surface area contributed by atoms with Crippen molar-refractivity contribution >= 4 is 5.91 Å². The summed E-state index contributed by atoms with van der Waals surface area (Å²) < 4.78 is 5.51. The molecule has 3 N–H and O–H groups in total. The molecule has 1 amide bonds. The number of nitrogens with one attached hydrogen (secondary N) is 1. The molecule has 0 unspecified atom stereocenters. The van der Waals surface area contributed by atoms with Gasteiger partial charge in [-0.1, -0.05) is 12.1 Å². The third-order valence-electron chi connectivity index (χ3n) is 2.72. The van der Waals surface area contributed by atoms with E-state index in [4.69, 9.17) is 10.6 Å². The van der Waals surface area contributed by atoms with Gasteiger partial charge in [-0.15, -0.1) is 0 Å². The van der Waals surface area contributed by atoms with Crippen LogP contribution in [-0.2, 0) is 11.3 Å². The molecule has 0 heterocycles. The van der Waals surface area contributed by atoms with Crippen molar-refractivity contribution in [1.29, 1.82) is 0 Å². The van der Waals surface area contributed by atoms with Crippen molar-refractivity contribution < 1.29 is 9.53 Å². The number of carbonyl (C=O) groups excluding carboxylic acids is 1. The fourth-order valence-corrected chi connectivity index (χ4v) is 1.68. The lowest BCUT2D eigenvalue weighted by Crippen LogP contribution is -2.30. The van der Waals surface area contributed by atoms with Gasteiger partial charge in [-0.2, -0.15) is 0 Å². The lowest BCUT2D eigenvalue weighted by molar-refractivity contribution is 0.0627. The van der Waals surface area contributed by atoms with Gasteiger partial charge in [0.2, 0.25) is 0 Å². The highest BCUT2D eigenvalue weighted by Gasteiger charge is 2.04. The van der Waals surface area contributed by atoms with Crippen molar-refractivity contribution in [3.63, 3.8) is 0 Å². The molecule has 0 aliphatic carbocycles. The van der Waals surface area contributed by atoms with Gasteiger partial charge >= 0.3 is 0 Å². The first kappa shape index (κ1) is 15.6. The topological polar surface area (TPSA) is 67.6 Å². The monoisotopic (exact) mass is 265 g/mol. The van der Waals surface area contributed by atoms with Crippen LogP contribution in [0.2, 0.25) is 0 Å². The Morgan fingerprint density at radius 3 is 2.53 bits per heavy atom. The summed E-state index contributed by atoms with van der Waals surface area (Å²) in [7, 11) is 2.05. The number of nitrogens with zero attached hydrogens (tertiary/aromatic N) is 1. The van der Waals surface area contributed by atoms with E-state index in [2.05, 4.69) is 10.3 Å². The van der Waals surface area contributed by atoms with Gasteiger partial charge in [-0.25, -0.2) is 5.84 Å². The van der Waals surface area contributed by atoms with E-state index in [0.717, 1.165) is 25.3 Å². The zero-order valence-electron chi connectivity index (χ0n) is 11.8. The van der Waals surface area contributed by atoms with E-state index in [1.165, 1.54) is 0 Å². The van der Waals surface area contributed by atoms with E-state index in [0.29, 0.717) is 5.56 Å². The highest BCUT2D eigenvalue weighted by Crippen LogP contribution is 2.06. The van der Waals surface area contributed by atoms with Crippen LogP contribution in [-0.4, -0.2) is 37.1 Å². The summed E-state index contributed by atoms with van der Waals surface area (Å²) in [6.07, 6.45) is 0.266. The number of rotatable bonds is 7. The molecule has 0 saturated heterocycles. The standard InChI is InChI=1S/C14H23N3O2/c1-11(2)19-9-8-17(3)10-12-4-6-13(7-5-12)14(18)16-15/h4-7,11H,8-10,15H2,1-3H3,(H,16,18). The van der Waals surface area contributed by atoms with Gasteiger partial charge in [-0.3, -0.25) is 15.1 Å². The average molecular weight is 265 g/mol. The van der Waals surface area contributed by atoms with Crippen molar-refractivity contribution in [2.45, 2.75) is 26.5 Å². The summed E-state index contributed by atoms with van der Waals surface area (Å²) in [5.74, 6) is 4.81. The zero-order chi connectivity index (χ0) is 14.3. The Morgan fingerprint density at radius 1 is 1.37 bits per heavy atom. The van der Waals surface area contributed by atoms with Crippen LogP contribution in [0.15, 0.2) is 24.3 Å². The average Bonchev–Trinajstić information content (AvgIpc) is 2.38. The van der Waals surface area contributed by atoms with Gasteiger partial charge in [0.15, 0.2) is 0 Å². The second-order valence-corrected chi connectivity index (χ2v) is 4.83. The molecular weight excluding hydrogens is 242 g/mol. The van der Waals surface area contributed by atoms with Gasteiger partial charge in [-0.05, 0) is 38.6 Å². The van der Waals surface area contributed by atoms with Crippen LogP contribution in [0, 0.1) is 0 Å². The number of hydrogen-bond acceptors (Lipinski definition) is 4. The van der Waals surface area contributed by atoms with E-state index in [-0.39, 0.29) is 12.0 Å². The lowest BCUT2D eigenvalue weighted by atomic mass is 10.1. The molecule has 5 heteroatoms. The van der Waals surface area contributed by atoms with Crippen LogP contribution in [0.5, 0.6) is 0 Å². The summed E-state index contributed by atoms with van der Waals surface area (Å²) in [4.78, 5) is 13.5. The SMILES string of the molecule is CC(C)OCCN(C)Cc1ccc(C(=O)NN)cc1. The Kier molecular flexibility index (Phi) is 6.49. The first-order valence-corrected chi connectivity index (χ1v) is 6.43. The number of nitrogens with two attached hydrogens (primary N) is 1. The molecule has 0 spiro atoms. The quantitative estimate of drug-likeness (QED) is 0.441. The molecule has 0 atom stereocenters. The van der Waals surface area contributed by atoms with Gasteiger partial charge in [0.1, 0.15) is 0 Å². The van der Waals surface area contributed by atoms with Crippen LogP contribution < -0.4 is 11.3 Å². The normalized spacial score (nSPS) is 11.1. The summed E-state index contributed by atoms with van der Waals surface area (Å²) in [5.41, 5.74) is 3.83. The van der Waals surface area contributed by atoms with Gasteiger partial charge in [0.25, 0.3) is 5.91 Å². The van der Waals surface area contributed by atoms with Crippen molar-refractivity contribution in [1.82, 2.24) is 10.3 Å². The Balaban J connectivity index is 2.42. The van der Waals surface area contributed by atoms with E-state index >= 15 is 0 Å². The molecule has 106 valence electrons. The van der Waals surface area contributed by atoms with Gasteiger partial charge in [0, 0.05) is 18.7 Å². The maximum atomic E-state index is 11.3. The lowest BCUT2D eigenvalue weighted by Gasteiger charge is -2.17. The minimum Gasteiger partial charge on any atom is -0.377 e. The molecule has 19 heavy (non-hydrogen) atoms. The number of hydrazine groups is 1. The molecule has 0 radical (unpaired) electrons. The van der Waals surface area contributed by atoms with E-state index in [1.807, 2.05) is 33.0 Å². The molecule has 0 aromatic heterocycles. The molecular formula is C14H23N3O2. The van der Waals surface area contributed by atoms with Crippen LogP contribution in [0.1, 0.15) is 29.8 Å². The summed E-state index contributed by atoms with van der Waals surface area (Å²) in [6, 6.07) is 7.42. The molecule has 5 nitrogen and oxygen atoms in total. The summed E-state index contributed by atoms with van der Waals surface area (Å²) >= 11 is 0. The minimum atomic E-state index is -0.273. The predicted molar refractivity (Wildman–Crippen MR) is 75.5 cm³/mol.